The van der Waals surface area contributed by atoms with Gasteiger partial charge in [0.2, 0.25) is 0 Å². The molecule has 0 saturated heterocycles. The highest BCUT2D eigenvalue weighted by Gasteiger charge is 2.22. The smallest absolute Gasteiger partial charge is 0.271 e. The minimum absolute atomic E-state index is 0.0629. The number of halogens is 2. The number of nitrogens with one attached hydrogen (secondary N) is 1. The van der Waals surface area contributed by atoms with Gasteiger partial charge in [0.1, 0.15) is 5.69 Å². The fourth-order valence-electron chi connectivity index (χ4n) is 1.72. The summed E-state index contributed by atoms with van der Waals surface area (Å²) in [7, 11) is 1.31. The van der Waals surface area contributed by atoms with E-state index in [-0.39, 0.29) is 22.2 Å². The van der Waals surface area contributed by atoms with Crippen molar-refractivity contribution in [1.29, 1.82) is 0 Å². The number of ether oxygens (including phenoxy) is 1. The Morgan fingerprint density at radius 1 is 1.53 bits per heavy atom. The molecule has 1 aromatic carbocycles. The largest absolute Gasteiger partial charge is 0.492 e. The Morgan fingerprint density at radius 3 is 2.79 bits per heavy atom. The van der Waals surface area contributed by atoms with Gasteiger partial charge in [-0.3, -0.25) is 4.79 Å². The number of methoxy groups -OCH3 is 1. The maximum absolute atomic E-state index is 13.8. The molecule has 0 aliphatic carbocycles. The molecule has 100 valence electrons. The first kappa shape index (κ1) is 13.3. The van der Waals surface area contributed by atoms with Crippen LogP contribution in [0.5, 0.6) is 5.75 Å². The molecular weight excluding hydrogens is 275 g/mol. The lowest BCUT2D eigenvalue weighted by atomic mass is 10.0. The summed E-state index contributed by atoms with van der Waals surface area (Å²) < 4.78 is 18.7. The number of hydrogen-bond donors (Lipinski definition) is 2. The number of benzene rings is 1. The van der Waals surface area contributed by atoms with Crippen molar-refractivity contribution in [2.75, 3.05) is 7.11 Å². The fourth-order valence-corrected chi connectivity index (χ4v) is 1.99. The second-order valence-corrected chi connectivity index (χ2v) is 4.14. The maximum atomic E-state index is 13.8. The molecule has 0 atom stereocenters. The van der Waals surface area contributed by atoms with Gasteiger partial charge in [-0.2, -0.15) is 15.4 Å². The van der Waals surface area contributed by atoms with Crippen molar-refractivity contribution in [2.45, 2.75) is 6.92 Å². The number of carbonyl (C=O) groups excluding carboxylic acids is 1. The van der Waals surface area contributed by atoms with Crippen molar-refractivity contribution < 1.29 is 13.9 Å². The number of carbonyl (C=O) groups is 1. The number of hydrogen-bond acceptors (Lipinski definition) is 4. The molecule has 0 radical (unpaired) electrons. The number of primary amides is 1. The zero-order valence-corrected chi connectivity index (χ0v) is 10.9. The highest BCUT2D eigenvalue weighted by atomic mass is 35.5. The number of H-pyrrole nitrogens is 1. The summed E-state index contributed by atoms with van der Waals surface area (Å²) in [5.41, 5.74) is 6.07. The average molecular weight is 285 g/mol. The summed E-state index contributed by atoms with van der Waals surface area (Å²) in [5.74, 6) is -1.49. The van der Waals surface area contributed by atoms with Crippen molar-refractivity contribution in [2.24, 2.45) is 5.73 Å². The third-order valence-corrected chi connectivity index (χ3v) is 3.12. The molecular formula is C11H10ClFN4O2. The van der Waals surface area contributed by atoms with Crippen LogP contribution in [-0.4, -0.2) is 28.4 Å². The third kappa shape index (κ3) is 2.12. The minimum Gasteiger partial charge on any atom is -0.492 e. The number of rotatable bonds is 3. The first-order chi connectivity index (χ1) is 8.97. The van der Waals surface area contributed by atoms with E-state index in [1.807, 2.05) is 0 Å². The van der Waals surface area contributed by atoms with Crippen molar-refractivity contribution >= 4 is 17.5 Å². The minimum atomic E-state index is -0.768. The van der Waals surface area contributed by atoms with Crippen LogP contribution in [0.3, 0.4) is 0 Å². The number of aromatic amines is 1. The van der Waals surface area contributed by atoms with Crippen LogP contribution in [0.1, 0.15) is 16.1 Å². The number of nitrogens with zero attached hydrogens (tertiary/aromatic N) is 2. The topological polar surface area (TPSA) is 93.9 Å². The van der Waals surface area contributed by atoms with Gasteiger partial charge in [0.15, 0.2) is 17.3 Å². The molecule has 1 heterocycles. The van der Waals surface area contributed by atoms with Crippen LogP contribution in [-0.2, 0) is 0 Å². The first-order valence-electron chi connectivity index (χ1n) is 5.20. The zero-order chi connectivity index (χ0) is 14.2. The van der Waals surface area contributed by atoms with Gasteiger partial charge >= 0.3 is 0 Å². The first-order valence-corrected chi connectivity index (χ1v) is 5.58. The molecule has 1 aromatic heterocycles. The molecule has 3 N–H and O–H groups in total. The number of nitrogens with two attached hydrogens (primary N) is 1. The summed E-state index contributed by atoms with van der Waals surface area (Å²) in [4.78, 5) is 11.2. The predicted molar refractivity (Wildman–Crippen MR) is 66.6 cm³/mol. The van der Waals surface area contributed by atoms with Gasteiger partial charge < -0.3 is 10.5 Å². The van der Waals surface area contributed by atoms with Crippen molar-refractivity contribution in [3.05, 3.63) is 28.2 Å². The van der Waals surface area contributed by atoms with Crippen molar-refractivity contribution in [1.82, 2.24) is 15.4 Å². The van der Waals surface area contributed by atoms with E-state index in [2.05, 4.69) is 15.4 Å². The van der Waals surface area contributed by atoms with Crippen LogP contribution in [0, 0.1) is 12.7 Å². The van der Waals surface area contributed by atoms with Crippen LogP contribution in [0.2, 0.25) is 5.02 Å². The van der Waals surface area contributed by atoms with Gasteiger partial charge in [-0.25, -0.2) is 4.39 Å². The summed E-state index contributed by atoms with van der Waals surface area (Å²) >= 11 is 6.01. The molecule has 6 nitrogen and oxygen atoms in total. The van der Waals surface area contributed by atoms with Gasteiger partial charge in [0, 0.05) is 5.56 Å². The van der Waals surface area contributed by atoms with E-state index in [9.17, 15) is 9.18 Å². The van der Waals surface area contributed by atoms with Gasteiger partial charge in [-0.15, -0.1) is 0 Å². The van der Waals surface area contributed by atoms with Crippen molar-refractivity contribution in [3.8, 4) is 17.0 Å². The van der Waals surface area contributed by atoms with E-state index in [4.69, 9.17) is 22.1 Å². The molecule has 2 rings (SSSR count). The monoisotopic (exact) mass is 284 g/mol. The molecule has 0 bridgehead atoms. The summed E-state index contributed by atoms with van der Waals surface area (Å²) in [6, 6.07) is 1.17. The van der Waals surface area contributed by atoms with E-state index in [1.165, 1.54) is 13.2 Å². The van der Waals surface area contributed by atoms with Gasteiger partial charge in [0.25, 0.3) is 5.91 Å². The van der Waals surface area contributed by atoms with Crippen LogP contribution >= 0.6 is 11.6 Å². The van der Waals surface area contributed by atoms with Crippen LogP contribution in [0.4, 0.5) is 4.39 Å². The Morgan fingerprint density at radius 2 is 2.21 bits per heavy atom. The molecule has 0 aliphatic rings. The Balaban J connectivity index is 2.70. The zero-order valence-electron chi connectivity index (χ0n) is 10.1. The SMILES string of the molecule is COc1c(F)cc(-c2n[nH]nc2C(N)=O)c(C)c1Cl. The van der Waals surface area contributed by atoms with Gasteiger partial charge in [-0.05, 0) is 18.6 Å². The van der Waals surface area contributed by atoms with E-state index >= 15 is 0 Å². The predicted octanol–water partition coefficient (Wildman–Crippen LogP) is 1.68. The normalized spacial score (nSPS) is 10.5. The lowest BCUT2D eigenvalue weighted by Crippen LogP contribution is -2.13. The number of amides is 1. The molecule has 0 unspecified atom stereocenters. The lowest BCUT2D eigenvalue weighted by Gasteiger charge is -2.11. The highest BCUT2D eigenvalue weighted by Crippen LogP contribution is 2.37. The quantitative estimate of drug-likeness (QED) is 0.896. The molecule has 1 amide bonds. The molecule has 0 fully saturated rings. The maximum Gasteiger partial charge on any atom is 0.271 e. The molecule has 0 spiro atoms. The molecule has 0 aliphatic heterocycles. The Bertz CT molecular complexity index is 656. The molecule has 19 heavy (non-hydrogen) atoms. The van der Waals surface area contributed by atoms with E-state index < -0.39 is 11.7 Å². The standard InChI is InChI=1S/C11H10ClFN4O2/c1-4-5(3-6(13)10(19-2)7(4)12)8-9(11(14)18)16-17-15-8/h3H,1-2H3,(H2,14,18)(H,15,16,17). The third-order valence-electron chi connectivity index (χ3n) is 2.66. The number of aromatic nitrogens is 3. The summed E-state index contributed by atoms with van der Waals surface area (Å²) in [6.07, 6.45) is 0. The van der Waals surface area contributed by atoms with E-state index in [0.29, 0.717) is 11.1 Å². The fraction of sp³-hybridized carbons (Fsp3) is 0.182. The Kier molecular flexibility index (Phi) is 3.39. The lowest BCUT2D eigenvalue weighted by molar-refractivity contribution is 0.0996. The average Bonchev–Trinajstić information content (AvgIpc) is 2.83. The molecule has 0 saturated carbocycles. The van der Waals surface area contributed by atoms with Crippen LogP contribution < -0.4 is 10.5 Å². The molecule has 2 aromatic rings. The second-order valence-electron chi connectivity index (χ2n) is 3.76. The molecule has 8 heteroatoms. The summed E-state index contributed by atoms with van der Waals surface area (Å²) in [5, 5.41) is 9.81. The van der Waals surface area contributed by atoms with E-state index in [0.717, 1.165) is 0 Å². The van der Waals surface area contributed by atoms with Crippen molar-refractivity contribution in [3.63, 3.8) is 0 Å². The van der Waals surface area contributed by atoms with Gasteiger partial charge in [-0.1, -0.05) is 11.6 Å². The van der Waals surface area contributed by atoms with Gasteiger partial charge in [0.05, 0.1) is 12.1 Å². The van der Waals surface area contributed by atoms with Crippen LogP contribution in [0.15, 0.2) is 6.07 Å². The summed E-state index contributed by atoms with van der Waals surface area (Å²) in [6.45, 7) is 1.65. The van der Waals surface area contributed by atoms with E-state index in [1.54, 1.807) is 6.92 Å². The highest BCUT2D eigenvalue weighted by molar-refractivity contribution is 6.33. The van der Waals surface area contributed by atoms with Crippen LogP contribution in [0.25, 0.3) is 11.3 Å². The second kappa shape index (κ2) is 4.85. The Labute approximate surface area is 112 Å². The Hall–Kier alpha value is -2.15.